The van der Waals surface area contributed by atoms with Crippen LogP contribution in [0.2, 0.25) is 0 Å². The molecule has 0 amide bonds. The normalized spacial score (nSPS) is 8.29. The fourth-order valence-electron chi connectivity index (χ4n) is 0.845. The van der Waals surface area contributed by atoms with Crippen LogP contribution in [0.1, 0.15) is 40.2 Å². The minimum absolute atomic E-state index is 0.00979. The summed E-state index contributed by atoms with van der Waals surface area (Å²) in [4.78, 5) is 23.7. The molecule has 4 heteroatoms. The van der Waals surface area contributed by atoms with Crippen LogP contribution in [-0.2, 0) is 16.1 Å². The van der Waals surface area contributed by atoms with E-state index in [2.05, 4.69) is 4.98 Å². The first kappa shape index (κ1) is 18.0. The van der Waals surface area contributed by atoms with Crippen LogP contribution in [0.15, 0.2) is 23.1 Å². The van der Waals surface area contributed by atoms with Crippen molar-refractivity contribution in [2.24, 2.45) is 0 Å². The van der Waals surface area contributed by atoms with Gasteiger partial charge < -0.3 is 9.72 Å². The number of carbonyl (C=O) groups is 1. The van der Waals surface area contributed by atoms with Crippen LogP contribution in [0.3, 0.4) is 0 Å². The number of Topliss-reactive ketones (excluding diaryl/α,β-unsaturated/α-hetero) is 1. The molecule has 0 aliphatic carbocycles. The molecule has 0 atom stereocenters. The number of ether oxygens (including phenoxy) is 1. The quantitative estimate of drug-likeness (QED) is 0.881. The van der Waals surface area contributed by atoms with Gasteiger partial charge in [0.2, 0.25) is 5.56 Å². The number of aromatic amines is 1. The smallest absolute Gasteiger partial charge is 0.247 e. The van der Waals surface area contributed by atoms with Crippen LogP contribution in [0, 0.1) is 0 Å². The minimum atomic E-state index is -0.143. The number of rotatable bonds is 4. The van der Waals surface area contributed by atoms with Gasteiger partial charge in [-0.1, -0.05) is 27.7 Å². The Balaban J connectivity index is 0. The van der Waals surface area contributed by atoms with Crippen molar-refractivity contribution in [2.75, 3.05) is 6.61 Å². The molecule has 1 N–H and O–H groups in total. The zero-order chi connectivity index (χ0) is 13.7. The van der Waals surface area contributed by atoms with E-state index >= 15 is 0 Å². The molecule has 0 aromatic carbocycles. The average Bonchev–Trinajstić information content (AvgIpc) is 2.36. The topological polar surface area (TPSA) is 59.2 Å². The first-order chi connectivity index (χ1) is 8.18. The van der Waals surface area contributed by atoms with Crippen molar-refractivity contribution in [1.29, 1.82) is 0 Å². The summed E-state index contributed by atoms with van der Waals surface area (Å²) < 4.78 is 5.05. The fourth-order valence-corrected chi connectivity index (χ4v) is 0.845. The third-order valence-corrected chi connectivity index (χ3v) is 1.42. The van der Waals surface area contributed by atoms with Crippen molar-refractivity contribution >= 4 is 5.78 Å². The molecule has 0 saturated heterocycles. The highest BCUT2D eigenvalue weighted by atomic mass is 16.5. The Hall–Kier alpha value is -1.42. The average molecular weight is 241 g/mol. The largest absolute Gasteiger partial charge is 0.369 e. The second-order valence-corrected chi connectivity index (χ2v) is 2.76. The zero-order valence-electron chi connectivity index (χ0n) is 11.4. The van der Waals surface area contributed by atoms with Crippen molar-refractivity contribution in [2.45, 2.75) is 41.2 Å². The molecule has 1 heterocycles. The van der Waals surface area contributed by atoms with Gasteiger partial charge in [-0.05, 0) is 18.6 Å². The molecule has 4 nitrogen and oxygen atoms in total. The number of H-pyrrole nitrogens is 1. The highest BCUT2D eigenvalue weighted by Crippen LogP contribution is 1.95. The summed E-state index contributed by atoms with van der Waals surface area (Å²) in [6, 6.07) is 3.09. The van der Waals surface area contributed by atoms with Gasteiger partial charge in [0.25, 0.3) is 0 Å². The van der Waals surface area contributed by atoms with Gasteiger partial charge in [0.05, 0.1) is 6.61 Å². The fraction of sp³-hybridized carbons (Fsp3) is 0.538. The number of carbonyl (C=O) groups excluding carboxylic acids is 1. The van der Waals surface area contributed by atoms with E-state index in [-0.39, 0.29) is 17.9 Å². The van der Waals surface area contributed by atoms with Crippen LogP contribution in [0.25, 0.3) is 0 Å². The standard InChI is InChI=1S/C9H11NO3.2C2H6/c1-7(11)5-13-6-8-2-3-9(12)10-4-8;2*1-2/h2-4H,5-6H2,1H3,(H,10,12);2*1-2H3. The Bertz CT molecular complexity index is 324. The summed E-state index contributed by atoms with van der Waals surface area (Å²) in [6.45, 7) is 9.92. The van der Waals surface area contributed by atoms with E-state index in [1.54, 1.807) is 12.3 Å². The molecule has 0 spiro atoms. The molecule has 17 heavy (non-hydrogen) atoms. The second-order valence-electron chi connectivity index (χ2n) is 2.76. The highest BCUT2D eigenvalue weighted by Gasteiger charge is 1.95. The van der Waals surface area contributed by atoms with Gasteiger partial charge in [-0.25, -0.2) is 0 Å². The lowest BCUT2D eigenvalue weighted by Gasteiger charge is -2.00. The van der Waals surface area contributed by atoms with E-state index < -0.39 is 0 Å². The molecule has 0 aliphatic heterocycles. The summed E-state index contributed by atoms with van der Waals surface area (Å²) >= 11 is 0. The molecular weight excluding hydrogens is 218 g/mol. The lowest BCUT2D eigenvalue weighted by Crippen LogP contribution is -2.06. The predicted molar refractivity (Wildman–Crippen MR) is 70.1 cm³/mol. The van der Waals surface area contributed by atoms with Crippen LogP contribution in [-0.4, -0.2) is 17.4 Å². The van der Waals surface area contributed by atoms with Crippen LogP contribution in [0.5, 0.6) is 0 Å². The number of aromatic nitrogens is 1. The molecule has 0 aliphatic rings. The molecule has 1 aromatic rings. The molecule has 0 radical (unpaired) electrons. The lowest BCUT2D eigenvalue weighted by molar-refractivity contribution is -0.121. The number of pyridine rings is 1. The predicted octanol–water partition coefficient (Wildman–Crippen LogP) is 2.53. The van der Waals surface area contributed by atoms with Gasteiger partial charge in [-0.15, -0.1) is 0 Å². The first-order valence-corrected chi connectivity index (χ1v) is 5.93. The van der Waals surface area contributed by atoms with Gasteiger partial charge in [0.15, 0.2) is 5.78 Å². The van der Waals surface area contributed by atoms with Crippen molar-refractivity contribution < 1.29 is 9.53 Å². The van der Waals surface area contributed by atoms with Crippen LogP contribution >= 0.6 is 0 Å². The molecular formula is C13H23NO3. The van der Waals surface area contributed by atoms with Gasteiger partial charge >= 0.3 is 0 Å². The lowest BCUT2D eigenvalue weighted by atomic mass is 10.3. The van der Waals surface area contributed by atoms with Gasteiger partial charge in [-0.2, -0.15) is 0 Å². The SMILES string of the molecule is CC.CC.CC(=O)COCc1ccc(=O)[nH]c1. The van der Waals surface area contributed by atoms with Crippen molar-refractivity contribution in [3.8, 4) is 0 Å². The summed E-state index contributed by atoms with van der Waals surface area (Å²) in [6.07, 6.45) is 1.57. The first-order valence-electron chi connectivity index (χ1n) is 5.93. The van der Waals surface area contributed by atoms with E-state index in [9.17, 15) is 9.59 Å². The second kappa shape index (κ2) is 12.6. The number of ketones is 1. The van der Waals surface area contributed by atoms with Crippen LogP contribution in [0.4, 0.5) is 0 Å². The zero-order valence-corrected chi connectivity index (χ0v) is 11.4. The summed E-state index contributed by atoms with van der Waals surface area (Å²) in [7, 11) is 0. The van der Waals surface area contributed by atoms with Crippen molar-refractivity contribution in [3.05, 3.63) is 34.2 Å². The molecule has 98 valence electrons. The minimum Gasteiger partial charge on any atom is -0.369 e. The molecule has 0 bridgehead atoms. The number of hydrogen-bond donors (Lipinski definition) is 1. The van der Waals surface area contributed by atoms with Crippen molar-refractivity contribution in [3.63, 3.8) is 0 Å². The summed E-state index contributed by atoms with van der Waals surface area (Å²) in [5.74, 6) is -0.00979. The van der Waals surface area contributed by atoms with Gasteiger partial charge in [0.1, 0.15) is 6.61 Å². The molecule has 0 unspecified atom stereocenters. The molecule has 0 saturated carbocycles. The molecule has 0 fully saturated rings. The Labute approximate surface area is 103 Å². The molecule has 1 rings (SSSR count). The maximum absolute atomic E-state index is 10.7. The number of hydrogen-bond acceptors (Lipinski definition) is 3. The highest BCUT2D eigenvalue weighted by molar-refractivity contribution is 5.76. The third kappa shape index (κ3) is 10.9. The molecule has 1 aromatic heterocycles. The Morgan fingerprint density at radius 1 is 1.24 bits per heavy atom. The van der Waals surface area contributed by atoms with Gasteiger partial charge in [-0.3, -0.25) is 9.59 Å². The van der Waals surface area contributed by atoms with E-state index in [0.29, 0.717) is 6.61 Å². The van der Waals surface area contributed by atoms with Crippen molar-refractivity contribution in [1.82, 2.24) is 4.98 Å². The van der Waals surface area contributed by atoms with E-state index in [1.165, 1.54) is 13.0 Å². The van der Waals surface area contributed by atoms with E-state index in [1.807, 2.05) is 27.7 Å². The maximum atomic E-state index is 10.7. The Kier molecular flexibility index (Phi) is 13.4. The third-order valence-electron chi connectivity index (χ3n) is 1.42. The van der Waals surface area contributed by atoms with Gasteiger partial charge in [0, 0.05) is 12.3 Å². The summed E-state index contributed by atoms with van der Waals surface area (Å²) in [5.41, 5.74) is 0.705. The monoisotopic (exact) mass is 241 g/mol. The summed E-state index contributed by atoms with van der Waals surface area (Å²) in [5, 5.41) is 0. The van der Waals surface area contributed by atoms with E-state index in [4.69, 9.17) is 4.74 Å². The number of nitrogens with one attached hydrogen (secondary N) is 1. The maximum Gasteiger partial charge on any atom is 0.247 e. The Morgan fingerprint density at radius 2 is 1.82 bits per heavy atom. The Morgan fingerprint density at radius 3 is 2.24 bits per heavy atom. The van der Waals surface area contributed by atoms with Crippen LogP contribution < -0.4 is 5.56 Å². The van der Waals surface area contributed by atoms with E-state index in [0.717, 1.165) is 5.56 Å².